The van der Waals surface area contributed by atoms with E-state index in [9.17, 15) is 13.2 Å². The number of carbonyl (C=O) groups is 1. The number of nitrogens with one attached hydrogen (secondary N) is 1. The Balaban J connectivity index is 2.19. The maximum atomic E-state index is 12.4. The molecule has 8 heteroatoms. The number of carboxylic acid groups (broad SMARTS) is 1. The van der Waals surface area contributed by atoms with Gasteiger partial charge in [0.2, 0.25) is 0 Å². The van der Waals surface area contributed by atoms with Gasteiger partial charge in [0.15, 0.2) is 6.61 Å². The Labute approximate surface area is 139 Å². The van der Waals surface area contributed by atoms with Crippen LogP contribution in [0.15, 0.2) is 47.4 Å². The molecule has 0 atom stereocenters. The Kier molecular flexibility index (Phi) is 5.30. The van der Waals surface area contributed by atoms with E-state index in [2.05, 4.69) is 4.72 Å². The number of rotatable bonds is 7. The molecule has 0 aliphatic carbocycles. The Bertz CT molecular complexity index is 830. The normalized spacial score (nSPS) is 10.9. The first kappa shape index (κ1) is 17.6. The van der Waals surface area contributed by atoms with Crippen molar-refractivity contribution in [1.82, 2.24) is 0 Å². The molecule has 0 fully saturated rings. The maximum Gasteiger partial charge on any atom is 0.341 e. The highest BCUT2D eigenvalue weighted by Gasteiger charge is 2.16. The van der Waals surface area contributed by atoms with Gasteiger partial charge in [-0.2, -0.15) is 0 Å². The number of ether oxygens (including phenoxy) is 2. The van der Waals surface area contributed by atoms with Crippen molar-refractivity contribution < 1.29 is 27.8 Å². The third kappa shape index (κ3) is 4.39. The van der Waals surface area contributed by atoms with Crippen LogP contribution < -0.4 is 14.2 Å². The predicted molar refractivity (Wildman–Crippen MR) is 88.1 cm³/mol. The summed E-state index contributed by atoms with van der Waals surface area (Å²) in [4.78, 5) is 10.6. The van der Waals surface area contributed by atoms with Crippen LogP contribution in [0.25, 0.3) is 0 Å². The van der Waals surface area contributed by atoms with Gasteiger partial charge < -0.3 is 14.6 Å². The fourth-order valence-corrected chi connectivity index (χ4v) is 3.11. The van der Waals surface area contributed by atoms with Gasteiger partial charge in [-0.1, -0.05) is 0 Å². The van der Waals surface area contributed by atoms with Gasteiger partial charge >= 0.3 is 5.97 Å². The SMILES string of the molecule is COc1ccc(NS(=O)(=O)c2ccc(OCC(=O)O)c(C)c2)cc1. The number of benzene rings is 2. The van der Waals surface area contributed by atoms with Crippen molar-refractivity contribution >= 4 is 21.7 Å². The van der Waals surface area contributed by atoms with Crippen molar-refractivity contribution in [3.05, 3.63) is 48.0 Å². The quantitative estimate of drug-likeness (QED) is 0.793. The van der Waals surface area contributed by atoms with Crippen LogP contribution in [0, 0.1) is 6.92 Å². The summed E-state index contributed by atoms with van der Waals surface area (Å²) in [7, 11) is -2.24. The molecule has 0 saturated carbocycles. The molecule has 2 N–H and O–H groups in total. The first-order valence-corrected chi connectivity index (χ1v) is 8.42. The number of anilines is 1. The summed E-state index contributed by atoms with van der Waals surface area (Å²) in [6.07, 6.45) is 0. The van der Waals surface area contributed by atoms with Crippen LogP contribution in [0.3, 0.4) is 0 Å². The third-order valence-corrected chi connectivity index (χ3v) is 4.53. The summed E-state index contributed by atoms with van der Waals surface area (Å²) in [5.41, 5.74) is 0.925. The second-order valence-corrected chi connectivity index (χ2v) is 6.63. The molecule has 24 heavy (non-hydrogen) atoms. The molecule has 0 aliphatic heterocycles. The van der Waals surface area contributed by atoms with E-state index >= 15 is 0 Å². The van der Waals surface area contributed by atoms with Crippen molar-refractivity contribution in [3.63, 3.8) is 0 Å². The number of hydrogen-bond acceptors (Lipinski definition) is 5. The Hall–Kier alpha value is -2.74. The summed E-state index contributed by atoms with van der Waals surface area (Å²) in [6, 6.07) is 10.7. The molecule has 2 aromatic carbocycles. The van der Waals surface area contributed by atoms with Gasteiger partial charge in [-0.3, -0.25) is 4.72 Å². The van der Waals surface area contributed by atoms with E-state index in [0.29, 0.717) is 22.7 Å². The predicted octanol–water partition coefficient (Wildman–Crippen LogP) is 2.27. The Morgan fingerprint density at radius 3 is 2.38 bits per heavy atom. The average molecular weight is 351 g/mol. The second-order valence-electron chi connectivity index (χ2n) is 4.94. The van der Waals surface area contributed by atoms with Gasteiger partial charge in [0.05, 0.1) is 12.0 Å². The minimum atomic E-state index is -3.77. The van der Waals surface area contributed by atoms with Crippen LogP contribution in [0.5, 0.6) is 11.5 Å². The molecular formula is C16H17NO6S. The third-order valence-electron chi connectivity index (χ3n) is 3.15. The summed E-state index contributed by atoms with van der Waals surface area (Å²) < 4.78 is 37.4. The van der Waals surface area contributed by atoms with E-state index in [4.69, 9.17) is 14.6 Å². The zero-order valence-electron chi connectivity index (χ0n) is 13.1. The van der Waals surface area contributed by atoms with E-state index in [1.165, 1.54) is 25.3 Å². The fourth-order valence-electron chi connectivity index (χ4n) is 1.96. The van der Waals surface area contributed by atoms with Crippen molar-refractivity contribution in [2.45, 2.75) is 11.8 Å². The highest BCUT2D eigenvalue weighted by molar-refractivity contribution is 7.92. The Morgan fingerprint density at radius 2 is 1.83 bits per heavy atom. The monoisotopic (exact) mass is 351 g/mol. The largest absolute Gasteiger partial charge is 0.497 e. The van der Waals surface area contributed by atoms with Crippen LogP contribution in [-0.2, 0) is 14.8 Å². The minimum Gasteiger partial charge on any atom is -0.497 e. The fraction of sp³-hybridized carbons (Fsp3) is 0.188. The smallest absolute Gasteiger partial charge is 0.341 e. The molecule has 0 bridgehead atoms. The summed E-state index contributed by atoms with van der Waals surface area (Å²) in [5.74, 6) is -0.165. The topological polar surface area (TPSA) is 102 Å². The molecule has 0 heterocycles. The molecule has 7 nitrogen and oxygen atoms in total. The highest BCUT2D eigenvalue weighted by Crippen LogP contribution is 2.24. The molecular weight excluding hydrogens is 334 g/mol. The first-order valence-electron chi connectivity index (χ1n) is 6.94. The maximum absolute atomic E-state index is 12.4. The lowest BCUT2D eigenvalue weighted by Crippen LogP contribution is -2.14. The lowest BCUT2D eigenvalue weighted by atomic mass is 10.2. The summed E-state index contributed by atoms with van der Waals surface area (Å²) in [6.45, 7) is 1.15. The van der Waals surface area contributed by atoms with Gasteiger partial charge in [0, 0.05) is 5.69 Å². The summed E-state index contributed by atoms with van der Waals surface area (Å²) in [5, 5.41) is 8.61. The zero-order valence-corrected chi connectivity index (χ0v) is 14.0. The van der Waals surface area contributed by atoms with Gasteiger partial charge in [-0.05, 0) is 55.0 Å². The molecule has 0 saturated heterocycles. The van der Waals surface area contributed by atoms with Gasteiger partial charge in [-0.15, -0.1) is 0 Å². The number of carboxylic acids is 1. The standard InChI is InChI=1S/C16H17NO6S/c1-11-9-14(7-8-15(11)23-10-16(18)19)24(20,21)17-12-3-5-13(22-2)6-4-12/h3-9,17H,10H2,1-2H3,(H,18,19). The number of hydrogen-bond donors (Lipinski definition) is 2. The van der Waals surface area contributed by atoms with Crippen molar-refractivity contribution in [2.24, 2.45) is 0 Å². The average Bonchev–Trinajstić information content (AvgIpc) is 2.54. The summed E-state index contributed by atoms with van der Waals surface area (Å²) >= 11 is 0. The molecule has 2 aromatic rings. The number of aryl methyl sites for hydroxylation is 1. The van der Waals surface area contributed by atoms with Gasteiger partial charge in [0.25, 0.3) is 10.0 Å². The van der Waals surface area contributed by atoms with E-state index in [-0.39, 0.29) is 4.90 Å². The van der Waals surface area contributed by atoms with E-state index in [1.807, 2.05) is 0 Å². The molecule has 2 rings (SSSR count). The van der Waals surface area contributed by atoms with E-state index in [1.54, 1.807) is 31.2 Å². The van der Waals surface area contributed by atoms with Crippen molar-refractivity contribution in [3.8, 4) is 11.5 Å². The zero-order chi connectivity index (χ0) is 17.7. The molecule has 0 radical (unpaired) electrons. The van der Waals surface area contributed by atoms with Crippen LogP contribution >= 0.6 is 0 Å². The van der Waals surface area contributed by atoms with Crippen LogP contribution in [0.4, 0.5) is 5.69 Å². The van der Waals surface area contributed by atoms with Crippen molar-refractivity contribution in [1.29, 1.82) is 0 Å². The molecule has 0 aromatic heterocycles. The second kappa shape index (κ2) is 7.22. The highest BCUT2D eigenvalue weighted by atomic mass is 32.2. The minimum absolute atomic E-state index is 0.0542. The lowest BCUT2D eigenvalue weighted by Gasteiger charge is -2.11. The number of sulfonamides is 1. The lowest BCUT2D eigenvalue weighted by molar-refractivity contribution is -0.139. The van der Waals surface area contributed by atoms with Gasteiger partial charge in [-0.25, -0.2) is 13.2 Å². The van der Waals surface area contributed by atoms with E-state index in [0.717, 1.165) is 0 Å². The molecule has 0 aliphatic rings. The van der Waals surface area contributed by atoms with Crippen molar-refractivity contribution in [2.75, 3.05) is 18.4 Å². The molecule has 128 valence electrons. The molecule has 0 amide bonds. The number of methoxy groups -OCH3 is 1. The number of aliphatic carboxylic acids is 1. The Morgan fingerprint density at radius 1 is 1.17 bits per heavy atom. The van der Waals surface area contributed by atoms with Crippen LogP contribution in [0.2, 0.25) is 0 Å². The first-order chi connectivity index (χ1) is 11.3. The van der Waals surface area contributed by atoms with Crippen LogP contribution in [-0.4, -0.2) is 33.2 Å². The van der Waals surface area contributed by atoms with Gasteiger partial charge in [0.1, 0.15) is 11.5 Å². The van der Waals surface area contributed by atoms with E-state index < -0.39 is 22.6 Å². The molecule has 0 spiro atoms. The van der Waals surface area contributed by atoms with Crippen LogP contribution in [0.1, 0.15) is 5.56 Å². The molecule has 0 unspecified atom stereocenters.